The molecule has 1 aliphatic carbocycles. The van der Waals surface area contributed by atoms with Crippen LogP contribution in [0.2, 0.25) is 0 Å². The molecule has 0 radical (unpaired) electrons. The number of tetrazole rings is 1. The van der Waals surface area contributed by atoms with E-state index in [1.807, 2.05) is 35.2 Å². The van der Waals surface area contributed by atoms with Crippen LogP contribution in [-0.4, -0.2) is 84.0 Å². The Morgan fingerprint density at radius 3 is 2.62 bits per heavy atom. The number of fused-ring (bicyclic) bond motifs is 1. The Morgan fingerprint density at radius 2 is 1.90 bits per heavy atom. The normalized spacial score (nSPS) is 18.2. The van der Waals surface area contributed by atoms with Crippen LogP contribution in [0.1, 0.15) is 51.8 Å². The minimum absolute atomic E-state index is 0.0111. The molecule has 1 fully saturated rings. The Balaban J connectivity index is 1.14. The number of benzene rings is 1. The van der Waals surface area contributed by atoms with Gasteiger partial charge in [-0.25, -0.2) is 4.98 Å². The van der Waals surface area contributed by atoms with Gasteiger partial charge in [0.1, 0.15) is 10.7 Å². The molecule has 2 unspecified atom stereocenters. The molecular formula is C28H31N9O2S. The van der Waals surface area contributed by atoms with E-state index in [1.165, 1.54) is 9.67 Å². The number of pyridine rings is 1. The van der Waals surface area contributed by atoms with Crippen molar-refractivity contribution in [3.63, 3.8) is 0 Å². The molecule has 1 N–H and O–H groups in total. The predicted octanol–water partition coefficient (Wildman–Crippen LogP) is 2.27. The highest BCUT2D eigenvalue weighted by molar-refractivity contribution is 7.15. The molecule has 2 aliphatic rings. The molecule has 40 heavy (non-hydrogen) atoms. The summed E-state index contributed by atoms with van der Waals surface area (Å²) in [6.45, 7) is 4.05. The molecule has 206 valence electrons. The third-order valence-corrected chi connectivity index (χ3v) is 8.63. The standard InChI is InChI=1S/C28H31N9O2S/c1-18(38)30-21-8-9-24-22(17-21)31-27(40-24)20-10-11-29-23(16-20)28(39)37-14-12-36(13-15-37)25(19-6-4-3-5-7-19)26-32-34-35(2)33-26/h3-7,10-11,16,21,25H,8-9,12-15,17H2,1-2H3,(H,30,38). The van der Waals surface area contributed by atoms with Crippen LogP contribution < -0.4 is 5.32 Å². The van der Waals surface area contributed by atoms with E-state index in [4.69, 9.17) is 4.98 Å². The minimum Gasteiger partial charge on any atom is -0.353 e. The van der Waals surface area contributed by atoms with Gasteiger partial charge in [0.15, 0.2) is 5.82 Å². The summed E-state index contributed by atoms with van der Waals surface area (Å²) in [5.41, 5.74) is 3.45. The van der Waals surface area contributed by atoms with E-state index in [1.54, 1.807) is 31.5 Å². The summed E-state index contributed by atoms with van der Waals surface area (Å²) < 4.78 is 0. The predicted molar refractivity (Wildman–Crippen MR) is 150 cm³/mol. The van der Waals surface area contributed by atoms with Crippen LogP contribution in [0.5, 0.6) is 0 Å². The maximum Gasteiger partial charge on any atom is 0.272 e. The van der Waals surface area contributed by atoms with Crippen LogP contribution >= 0.6 is 11.3 Å². The molecule has 0 saturated carbocycles. The number of thiazole rings is 1. The quantitative estimate of drug-likeness (QED) is 0.383. The average Bonchev–Trinajstić information content (AvgIpc) is 3.59. The SMILES string of the molecule is CC(=O)NC1CCc2sc(-c3ccnc(C(=O)N4CCN(C(c5ccccc5)c5nnn(C)n5)CC4)c3)nc2C1. The van der Waals surface area contributed by atoms with Gasteiger partial charge in [0.25, 0.3) is 5.91 Å². The number of hydrogen-bond donors (Lipinski definition) is 1. The number of piperazine rings is 1. The van der Waals surface area contributed by atoms with Gasteiger partial charge in [0, 0.05) is 62.2 Å². The van der Waals surface area contributed by atoms with Crippen LogP contribution in [0.3, 0.4) is 0 Å². The maximum absolute atomic E-state index is 13.5. The molecular weight excluding hydrogens is 526 g/mol. The van der Waals surface area contributed by atoms with Crippen LogP contribution in [0.15, 0.2) is 48.7 Å². The van der Waals surface area contributed by atoms with E-state index < -0.39 is 0 Å². The van der Waals surface area contributed by atoms with Crippen molar-refractivity contribution in [2.24, 2.45) is 7.05 Å². The zero-order valence-electron chi connectivity index (χ0n) is 22.5. The number of nitrogens with one attached hydrogen (secondary N) is 1. The smallest absolute Gasteiger partial charge is 0.272 e. The number of aromatic nitrogens is 6. The summed E-state index contributed by atoms with van der Waals surface area (Å²) in [5.74, 6) is 0.558. The molecule has 0 bridgehead atoms. The summed E-state index contributed by atoms with van der Waals surface area (Å²) >= 11 is 1.66. The molecule has 4 heterocycles. The Kier molecular flexibility index (Phi) is 7.35. The van der Waals surface area contributed by atoms with Crippen molar-refractivity contribution in [1.82, 2.24) is 45.3 Å². The van der Waals surface area contributed by atoms with Gasteiger partial charge in [0.05, 0.1) is 18.8 Å². The lowest BCUT2D eigenvalue weighted by molar-refractivity contribution is -0.119. The van der Waals surface area contributed by atoms with E-state index in [9.17, 15) is 9.59 Å². The van der Waals surface area contributed by atoms with Crippen LogP contribution in [0.4, 0.5) is 0 Å². The van der Waals surface area contributed by atoms with Crippen LogP contribution in [0.25, 0.3) is 10.6 Å². The Morgan fingerprint density at radius 1 is 1.10 bits per heavy atom. The lowest BCUT2D eigenvalue weighted by Crippen LogP contribution is -2.50. The largest absolute Gasteiger partial charge is 0.353 e. The maximum atomic E-state index is 13.5. The van der Waals surface area contributed by atoms with Gasteiger partial charge < -0.3 is 10.2 Å². The number of rotatable bonds is 6. The third-order valence-electron chi connectivity index (χ3n) is 7.42. The fourth-order valence-corrected chi connectivity index (χ4v) is 6.61. The van der Waals surface area contributed by atoms with Gasteiger partial charge in [-0.05, 0) is 35.8 Å². The average molecular weight is 558 g/mol. The topological polar surface area (TPSA) is 122 Å². The van der Waals surface area contributed by atoms with Gasteiger partial charge >= 0.3 is 0 Å². The minimum atomic E-state index is -0.130. The Hall–Kier alpha value is -4.03. The second-order valence-electron chi connectivity index (χ2n) is 10.2. The monoisotopic (exact) mass is 557 g/mol. The van der Waals surface area contributed by atoms with E-state index in [2.05, 4.69) is 42.7 Å². The molecule has 4 aromatic rings. The molecule has 2 amide bonds. The van der Waals surface area contributed by atoms with E-state index in [-0.39, 0.29) is 23.9 Å². The summed E-state index contributed by atoms with van der Waals surface area (Å²) in [6.07, 6.45) is 4.23. The van der Waals surface area contributed by atoms with Gasteiger partial charge in [-0.3, -0.25) is 19.5 Å². The van der Waals surface area contributed by atoms with Crippen molar-refractivity contribution >= 4 is 23.2 Å². The first-order valence-corrected chi connectivity index (χ1v) is 14.3. The van der Waals surface area contributed by atoms with Crippen LogP contribution in [-0.2, 0) is 24.7 Å². The van der Waals surface area contributed by atoms with Gasteiger partial charge in [0.2, 0.25) is 5.91 Å². The van der Waals surface area contributed by atoms with Crippen molar-refractivity contribution in [3.8, 4) is 10.6 Å². The summed E-state index contributed by atoms with van der Waals surface area (Å²) in [7, 11) is 1.76. The van der Waals surface area contributed by atoms with Gasteiger partial charge in [-0.2, -0.15) is 4.80 Å². The Labute approximate surface area is 236 Å². The summed E-state index contributed by atoms with van der Waals surface area (Å²) in [5, 5.41) is 16.7. The molecule has 1 aromatic carbocycles. The van der Waals surface area contributed by atoms with Crippen molar-refractivity contribution in [2.45, 2.75) is 38.3 Å². The van der Waals surface area contributed by atoms with Crippen molar-refractivity contribution in [3.05, 3.63) is 76.3 Å². The number of aryl methyl sites for hydroxylation is 2. The second kappa shape index (κ2) is 11.2. The number of carbonyl (C=O) groups is 2. The zero-order chi connectivity index (χ0) is 27.6. The molecule has 11 nitrogen and oxygen atoms in total. The Bertz CT molecular complexity index is 1510. The highest BCUT2D eigenvalue weighted by atomic mass is 32.1. The fraction of sp³-hybridized carbons (Fsp3) is 0.393. The number of hydrogen-bond acceptors (Lipinski definition) is 9. The first-order chi connectivity index (χ1) is 19.4. The van der Waals surface area contributed by atoms with Crippen molar-refractivity contribution in [1.29, 1.82) is 0 Å². The van der Waals surface area contributed by atoms with Crippen LogP contribution in [0, 0.1) is 0 Å². The number of carbonyl (C=O) groups excluding carboxylic acids is 2. The molecule has 3 aromatic heterocycles. The summed E-state index contributed by atoms with van der Waals surface area (Å²) in [4.78, 5) is 41.1. The van der Waals surface area contributed by atoms with E-state index >= 15 is 0 Å². The highest BCUT2D eigenvalue weighted by Crippen LogP contribution is 2.33. The number of amides is 2. The summed E-state index contributed by atoms with van der Waals surface area (Å²) in [6, 6.07) is 13.9. The molecule has 1 saturated heterocycles. The fourth-order valence-electron chi connectivity index (χ4n) is 5.51. The van der Waals surface area contributed by atoms with E-state index in [0.29, 0.717) is 37.7 Å². The van der Waals surface area contributed by atoms with Crippen molar-refractivity contribution in [2.75, 3.05) is 26.2 Å². The second-order valence-corrected chi connectivity index (χ2v) is 11.3. The zero-order valence-corrected chi connectivity index (χ0v) is 23.3. The lowest BCUT2D eigenvalue weighted by Gasteiger charge is -2.38. The highest BCUT2D eigenvalue weighted by Gasteiger charge is 2.31. The molecule has 2 atom stereocenters. The van der Waals surface area contributed by atoms with Gasteiger partial charge in [-0.15, -0.1) is 21.5 Å². The molecule has 12 heteroatoms. The van der Waals surface area contributed by atoms with E-state index in [0.717, 1.165) is 41.1 Å². The first kappa shape index (κ1) is 26.2. The lowest BCUT2D eigenvalue weighted by atomic mass is 9.97. The first-order valence-electron chi connectivity index (χ1n) is 13.5. The third kappa shape index (κ3) is 5.50. The molecule has 0 spiro atoms. The number of nitrogens with zero attached hydrogens (tertiary/aromatic N) is 8. The molecule has 1 aliphatic heterocycles. The van der Waals surface area contributed by atoms with Crippen molar-refractivity contribution < 1.29 is 9.59 Å². The molecule has 6 rings (SSSR count). The van der Waals surface area contributed by atoms with Gasteiger partial charge in [-0.1, -0.05) is 30.3 Å².